The minimum atomic E-state index is -0.544. The van der Waals surface area contributed by atoms with Crippen molar-refractivity contribution < 1.29 is 46.1 Å². The molecule has 1 unspecified atom stereocenters. The molecule has 0 aromatic heterocycles. The maximum absolute atomic E-state index is 9.65. The van der Waals surface area contributed by atoms with Crippen LogP contribution in [-0.2, 0) is 16.2 Å². The van der Waals surface area contributed by atoms with Crippen molar-refractivity contribution >= 4 is 37.3 Å². The Morgan fingerprint density at radius 2 is 1.18 bits per heavy atom. The smallest absolute Gasteiger partial charge is 0.0640 e. The molecule has 5 aromatic carbocycles. The van der Waals surface area contributed by atoms with Crippen molar-refractivity contribution in [2.24, 2.45) is 4.99 Å². The molecular weight excluding hydrogens is 831 g/mol. The predicted molar refractivity (Wildman–Crippen MR) is 232 cm³/mol. The summed E-state index contributed by atoms with van der Waals surface area (Å²) in [6.07, 6.45) is 11.0. The number of fused-ring (bicyclic) bond motifs is 1. The van der Waals surface area contributed by atoms with E-state index in [1.165, 1.54) is 75.5 Å². The first-order valence-electron chi connectivity index (χ1n) is 19.0. The molecule has 4 nitrogen and oxygen atoms in total. The zero-order chi connectivity index (χ0) is 38.6. The summed E-state index contributed by atoms with van der Waals surface area (Å²) in [5.41, 5.74) is 18.3. The van der Waals surface area contributed by atoms with Crippen molar-refractivity contribution in [2.45, 2.75) is 54.6 Å². The SMILES string of the molecule is Cc1cc(C)c(N2CCN(c3c(C)cc(C)cc3C)[C]2=[Ru]=[C]2C=C(c3ccccc3)c3ccccc32)c(C)c1.Cc1ccccc1N=C[C-]1C=CC=CC1O.[Cl-].[Cl-]. The first kappa shape index (κ1) is 43.5. The molecule has 1 saturated heterocycles. The summed E-state index contributed by atoms with van der Waals surface area (Å²) in [6, 6.07) is 37.1. The van der Waals surface area contributed by atoms with Crippen LogP contribution in [0, 0.1) is 54.4 Å². The van der Waals surface area contributed by atoms with Crippen LogP contribution in [0.3, 0.4) is 0 Å². The van der Waals surface area contributed by atoms with E-state index in [0.29, 0.717) is 0 Å². The molecule has 1 atom stereocenters. The minimum absolute atomic E-state index is 0. The van der Waals surface area contributed by atoms with Gasteiger partial charge in [-0.3, -0.25) is 4.99 Å². The number of anilines is 2. The van der Waals surface area contributed by atoms with E-state index < -0.39 is 6.10 Å². The second-order valence-corrected chi connectivity index (χ2v) is 16.8. The molecule has 3 aliphatic rings. The summed E-state index contributed by atoms with van der Waals surface area (Å²) in [6.45, 7) is 17.5. The second kappa shape index (κ2) is 19.2. The molecule has 0 bridgehead atoms. The molecule has 1 heterocycles. The van der Waals surface area contributed by atoms with E-state index in [1.54, 1.807) is 12.3 Å². The van der Waals surface area contributed by atoms with Gasteiger partial charge in [0.25, 0.3) is 0 Å². The van der Waals surface area contributed by atoms with Gasteiger partial charge in [-0.2, -0.15) is 0 Å². The number of aryl methyl sites for hydroxylation is 7. The normalized spacial score (nSPS) is 15.6. The van der Waals surface area contributed by atoms with E-state index in [2.05, 4.69) is 141 Å². The number of aliphatic hydroxyl groups excluding tert-OH is 1. The van der Waals surface area contributed by atoms with Crippen LogP contribution in [0.4, 0.5) is 17.1 Å². The monoisotopic (exact) mass is 880 g/mol. The van der Waals surface area contributed by atoms with Crippen molar-refractivity contribution in [3.63, 3.8) is 0 Å². The number of halogens is 2. The number of hydrogen-bond acceptors (Lipinski definition) is 4. The molecule has 0 radical (unpaired) electrons. The van der Waals surface area contributed by atoms with Crippen LogP contribution in [0.2, 0.25) is 0 Å². The molecule has 0 saturated carbocycles. The first-order chi connectivity index (χ1) is 26.6. The number of para-hydroxylation sites is 1. The fourth-order valence-electron chi connectivity index (χ4n) is 7.95. The number of benzene rings is 5. The van der Waals surface area contributed by atoms with E-state index in [0.717, 1.165) is 30.3 Å². The Labute approximate surface area is 358 Å². The van der Waals surface area contributed by atoms with Crippen LogP contribution in [0.25, 0.3) is 5.57 Å². The third-order valence-corrected chi connectivity index (χ3v) is 12.8. The first-order valence-corrected chi connectivity index (χ1v) is 20.8. The van der Waals surface area contributed by atoms with Crippen LogP contribution in [0.1, 0.15) is 55.6 Å². The molecule has 0 amide bonds. The minimum Gasteiger partial charge on any atom is -1.00 e. The second-order valence-electron chi connectivity index (χ2n) is 14.7. The number of aliphatic hydroxyl groups is 1. The summed E-state index contributed by atoms with van der Waals surface area (Å²) in [5, 5.41) is 9.65. The van der Waals surface area contributed by atoms with E-state index >= 15 is 0 Å². The number of aliphatic imine (C=N–C) groups is 1. The van der Waals surface area contributed by atoms with Gasteiger partial charge in [-0.15, -0.1) is 12.0 Å². The zero-order valence-corrected chi connectivity index (χ0v) is 36.9. The van der Waals surface area contributed by atoms with Crippen molar-refractivity contribution in [3.8, 4) is 0 Å². The van der Waals surface area contributed by atoms with Gasteiger partial charge in [-0.25, -0.2) is 12.2 Å². The van der Waals surface area contributed by atoms with Gasteiger partial charge in [0.1, 0.15) is 0 Å². The molecule has 296 valence electrons. The van der Waals surface area contributed by atoms with Gasteiger partial charge in [0, 0.05) is 6.10 Å². The third-order valence-electron chi connectivity index (χ3n) is 10.3. The number of hydrogen-bond donors (Lipinski definition) is 1. The average molecular weight is 881 g/mol. The topological polar surface area (TPSA) is 39.1 Å². The number of rotatable bonds is 5. The molecule has 1 fully saturated rings. The fourth-order valence-corrected chi connectivity index (χ4v) is 10.6. The summed E-state index contributed by atoms with van der Waals surface area (Å²) in [7, 11) is 0. The van der Waals surface area contributed by atoms with Gasteiger partial charge < -0.3 is 29.9 Å². The van der Waals surface area contributed by atoms with Crippen molar-refractivity contribution in [3.05, 3.63) is 195 Å². The molecule has 8 rings (SSSR count). The molecule has 5 aromatic rings. The molecule has 1 N–H and O–H groups in total. The van der Waals surface area contributed by atoms with Gasteiger partial charge in [0.15, 0.2) is 0 Å². The van der Waals surface area contributed by atoms with Crippen LogP contribution in [0.5, 0.6) is 0 Å². The Bertz CT molecular complexity index is 2330. The zero-order valence-electron chi connectivity index (χ0n) is 33.7. The largest absolute Gasteiger partial charge is 1.00 e. The third kappa shape index (κ3) is 9.57. The molecule has 57 heavy (non-hydrogen) atoms. The Balaban J connectivity index is 0.000000291. The average Bonchev–Trinajstić information content (AvgIpc) is 3.73. The van der Waals surface area contributed by atoms with Crippen molar-refractivity contribution in [1.82, 2.24) is 0 Å². The maximum Gasteiger partial charge on any atom is 0.0640 e. The Hall–Kier alpha value is -4.64. The standard InChI is InChI=1S/C21H26N2.C15H10.C14H14NO.2ClH.Ru/c1-14-9-16(3)20(17(4)10-14)22-7-8-23(13-22)21-18(5)11-15(2)12-19(21)6;1-2-6-12(7-3-1)15-11-10-13-8-4-5-9-14(13)15;1-11-6-2-4-8-13(11)15-10-12-7-3-5-9-14(12)16;;;/h9-12H,7-8H2,1-6H3;1-9,11H;2-10,14,16H,1H3;2*1H;/q;;-1;;;/p-2. The van der Waals surface area contributed by atoms with Crippen LogP contribution < -0.4 is 34.6 Å². The fraction of sp³-hybridized carbons (Fsp3) is 0.200. The Morgan fingerprint density at radius 1 is 0.649 bits per heavy atom. The van der Waals surface area contributed by atoms with Gasteiger partial charge in [-0.1, -0.05) is 24.3 Å². The summed E-state index contributed by atoms with van der Waals surface area (Å²) < 4.78 is 2.94. The summed E-state index contributed by atoms with van der Waals surface area (Å²) in [5.74, 6) is 0.811. The van der Waals surface area contributed by atoms with Gasteiger partial charge in [0.05, 0.1) is 5.69 Å². The van der Waals surface area contributed by atoms with Gasteiger partial charge in [0.2, 0.25) is 0 Å². The molecular formula is C50H50Cl2N3ORu-3. The van der Waals surface area contributed by atoms with E-state index in [9.17, 15) is 5.11 Å². The van der Waals surface area contributed by atoms with Gasteiger partial charge >= 0.3 is 241 Å². The van der Waals surface area contributed by atoms with Crippen molar-refractivity contribution in [2.75, 3.05) is 22.9 Å². The summed E-state index contributed by atoms with van der Waals surface area (Å²) in [4.78, 5) is 9.66. The Kier molecular flexibility index (Phi) is 14.7. The molecule has 0 spiro atoms. The van der Waals surface area contributed by atoms with E-state index in [1.807, 2.05) is 49.4 Å². The van der Waals surface area contributed by atoms with Crippen LogP contribution in [-0.4, -0.2) is 39.0 Å². The van der Waals surface area contributed by atoms with Crippen LogP contribution in [0.15, 0.2) is 139 Å². The molecule has 2 aliphatic carbocycles. The Morgan fingerprint density at radius 3 is 1.74 bits per heavy atom. The van der Waals surface area contributed by atoms with Gasteiger partial charge in [-0.05, 0) is 24.8 Å². The number of allylic oxidation sites excluding steroid dienone is 3. The maximum atomic E-state index is 9.65. The van der Waals surface area contributed by atoms with E-state index in [4.69, 9.17) is 0 Å². The van der Waals surface area contributed by atoms with Crippen molar-refractivity contribution in [1.29, 1.82) is 0 Å². The predicted octanol–water partition coefficient (Wildman–Crippen LogP) is 4.47. The quantitative estimate of drug-likeness (QED) is 0.161. The van der Waals surface area contributed by atoms with E-state index in [-0.39, 0.29) is 41.0 Å². The number of nitrogens with zero attached hydrogens (tertiary/aromatic N) is 3. The summed E-state index contributed by atoms with van der Waals surface area (Å²) >= 11 is -0.233. The molecule has 1 aliphatic heterocycles. The molecule has 7 heteroatoms. The van der Waals surface area contributed by atoms with Crippen LogP contribution >= 0.6 is 0 Å².